The maximum atomic E-state index is 13.0. The third-order valence-electron chi connectivity index (χ3n) is 5.53. The van der Waals surface area contributed by atoms with Crippen LogP contribution in [0.5, 0.6) is 0 Å². The van der Waals surface area contributed by atoms with Crippen molar-refractivity contribution < 1.29 is 9.59 Å². The van der Waals surface area contributed by atoms with E-state index in [1.165, 1.54) is 10.5 Å². The molecule has 148 valence electrons. The molecule has 1 aromatic heterocycles. The highest BCUT2D eigenvalue weighted by atomic mass is 32.2. The first-order chi connectivity index (χ1) is 14.1. The number of aromatic nitrogens is 1. The molecule has 3 heterocycles. The van der Waals surface area contributed by atoms with E-state index in [1.807, 2.05) is 42.1 Å². The number of thiazole rings is 1. The molecule has 2 aromatic carbocycles. The van der Waals surface area contributed by atoms with Crippen LogP contribution in [-0.2, 0) is 9.59 Å². The lowest BCUT2D eigenvalue weighted by Gasteiger charge is -2.30. The van der Waals surface area contributed by atoms with E-state index in [-0.39, 0.29) is 24.3 Å². The van der Waals surface area contributed by atoms with Crippen molar-refractivity contribution in [3.8, 4) is 10.6 Å². The summed E-state index contributed by atoms with van der Waals surface area (Å²) >= 11 is 3.56. The maximum Gasteiger partial charge on any atom is 0.251 e. The highest BCUT2D eigenvalue weighted by molar-refractivity contribution is 7.99. The van der Waals surface area contributed by atoms with Crippen molar-refractivity contribution in [2.24, 2.45) is 0 Å². The largest absolute Gasteiger partial charge is 0.290 e. The average Bonchev–Trinajstić information content (AvgIpc) is 3.29. The third kappa shape index (κ3) is 3.47. The van der Waals surface area contributed by atoms with Crippen molar-refractivity contribution in [3.63, 3.8) is 0 Å². The molecule has 0 radical (unpaired) electrons. The molecule has 5 nitrogen and oxygen atoms in total. The number of hydrogen-bond acceptors (Lipinski definition) is 6. The second-order valence-electron chi connectivity index (χ2n) is 7.47. The van der Waals surface area contributed by atoms with Crippen molar-refractivity contribution in [2.45, 2.75) is 19.4 Å². The van der Waals surface area contributed by atoms with E-state index in [2.05, 4.69) is 24.0 Å². The molecule has 1 atom stereocenters. The summed E-state index contributed by atoms with van der Waals surface area (Å²) in [6.45, 7) is 3.82. The number of aryl methyl sites for hydroxylation is 1. The Hall–Kier alpha value is -2.22. The lowest BCUT2D eigenvalue weighted by Crippen LogP contribution is -2.45. The number of amides is 2. The number of fused-ring (bicyclic) bond motifs is 1. The van der Waals surface area contributed by atoms with Crippen LogP contribution in [0.4, 0.5) is 5.69 Å². The predicted molar refractivity (Wildman–Crippen MR) is 120 cm³/mol. The number of imide groups is 1. The van der Waals surface area contributed by atoms with Gasteiger partial charge in [-0.1, -0.05) is 6.07 Å². The van der Waals surface area contributed by atoms with Crippen LogP contribution in [0.1, 0.15) is 12.0 Å². The van der Waals surface area contributed by atoms with Crippen LogP contribution in [0.3, 0.4) is 0 Å². The molecule has 0 aliphatic carbocycles. The summed E-state index contributed by atoms with van der Waals surface area (Å²) in [7, 11) is 0. The fourth-order valence-electron chi connectivity index (χ4n) is 3.97. The molecule has 3 aromatic rings. The highest BCUT2D eigenvalue weighted by Crippen LogP contribution is 2.33. The number of thioether (sulfide) groups is 1. The van der Waals surface area contributed by atoms with E-state index in [4.69, 9.17) is 4.98 Å². The zero-order valence-corrected chi connectivity index (χ0v) is 17.8. The quantitative estimate of drug-likeness (QED) is 0.597. The Bertz CT molecular complexity index is 1090. The van der Waals surface area contributed by atoms with E-state index in [0.717, 1.165) is 45.4 Å². The SMILES string of the molecule is Cc1ccc2nc(-c3ccc(N4C(=O)CC(N5CCSCC5)C4=O)cc3)sc2c1. The minimum absolute atomic E-state index is 0.0925. The summed E-state index contributed by atoms with van der Waals surface area (Å²) in [5.74, 6) is 1.84. The van der Waals surface area contributed by atoms with Gasteiger partial charge in [-0.2, -0.15) is 11.8 Å². The van der Waals surface area contributed by atoms with Crippen molar-refractivity contribution in [1.29, 1.82) is 0 Å². The molecular weight excluding hydrogens is 402 g/mol. The molecule has 0 N–H and O–H groups in total. The Balaban J connectivity index is 1.39. The van der Waals surface area contributed by atoms with Crippen molar-refractivity contribution in [3.05, 3.63) is 48.0 Å². The number of carbonyl (C=O) groups excluding carboxylic acids is 2. The molecule has 0 bridgehead atoms. The van der Waals surface area contributed by atoms with Crippen molar-refractivity contribution in [1.82, 2.24) is 9.88 Å². The predicted octanol–water partition coefficient (Wildman–Crippen LogP) is 3.95. The van der Waals surface area contributed by atoms with Gasteiger partial charge in [-0.15, -0.1) is 11.3 Å². The van der Waals surface area contributed by atoms with Crippen molar-refractivity contribution >= 4 is 50.8 Å². The van der Waals surface area contributed by atoms with Crippen LogP contribution in [0, 0.1) is 6.92 Å². The molecule has 2 aliphatic heterocycles. The van der Waals surface area contributed by atoms with E-state index >= 15 is 0 Å². The van der Waals surface area contributed by atoms with Gasteiger partial charge < -0.3 is 0 Å². The van der Waals surface area contributed by atoms with E-state index in [0.29, 0.717) is 5.69 Å². The van der Waals surface area contributed by atoms with Crippen LogP contribution in [-0.4, -0.2) is 52.3 Å². The monoisotopic (exact) mass is 423 g/mol. The Kier molecular flexibility index (Phi) is 4.89. The van der Waals surface area contributed by atoms with E-state index in [1.54, 1.807) is 11.3 Å². The molecule has 7 heteroatoms. The summed E-state index contributed by atoms with van der Waals surface area (Å²) < 4.78 is 1.16. The number of hydrogen-bond donors (Lipinski definition) is 0. The minimum atomic E-state index is -0.310. The van der Waals surface area contributed by atoms with Gasteiger partial charge in [-0.25, -0.2) is 9.88 Å². The standard InChI is InChI=1S/C22H21N3O2S2/c1-14-2-7-17-19(12-14)29-21(23-17)15-3-5-16(6-4-15)25-20(26)13-18(22(25)27)24-8-10-28-11-9-24/h2-7,12,18H,8-11,13H2,1H3. The van der Waals surface area contributed by atoms with Gasteiger partial charge in [0.05, 0.1) is 28.4 Å². The number of carbonyl (C=O) groups is 2. The average molecular weight is 424 g/mol. The second kappa shape index (κ2) is 7.55. The summed E-state index contributed by atoms with van der Waals surface area (Å²) in [4.78, 5) is 33.8. The Morgan fingerprint density at radius 1 is 1.03 bits per heavy atom. The Morgan fingerprint density at radius 3 is 2.55 bits per heavy atom. The van der Waals surface area contributed by atoms with Crippen LogP contribution < -0.4 is 4.90 Å². The number of rotatable bonds is 3. The fraction of sp³-hybridized carbons (Fsp3) is 0.318. The van der Waals surface area contributed by atoms with Crippen LogP contribution in [0.2, 0.25) is 0 Å². The molecule has 0 spiro atoms. The first-order valence-electron chi connectivity index (χ1n) is 9.76. The minimum Gasteiger partial charge on any atom is -0.290 e. The van der Waals surface area contributed by atoms with Gasteiger partial charge in [0.1, 0.15) is 5.01 Å². The van der Waals surface area contributed by atoms with Gasteiger partial charge in [-0.3, -0.25) is 14.5 Å². The molecule has 29 heavy (non-hydrogen) atoms. The lowest BCUT2D eigenvalue weighted by atomic mass is 10.2. The normalized spacial score (nSPS) is 20.7. The maximum absolute atomic E-state index is 13.0. The molecule has 0 saturated carbocycles. The molecule has 2 aliphatic rings. The summed E-state index contributed by atoms with van der Waals surface area (Å²) in [5.41, 5.74) is 3.86. The van der Waals surface area contributed by atoms with Gasteiger partial charge in [-0.05, 0) is 48.9 Å². The zero-order chi connectivity index (χ0) is 20.0. The molecule has 5 rings (SSSR count). The second-order valence-corrected chi connectivity index (χ2v) is 9.73. The van der Waals surface area contributed by atoms with Gasteiger partial charge in [0.25, 0.3) is 5.91 Å². The fourth-order valence-corrected chi connectivity index (χ4v) is 5.97. The van der Waals surface area contributed by atoms with Gasteiger partial charge in [0.15, 0.2) is 0 Å². The number of benzene rings is 2. The molecule has 2 saturated heterocycles. The summed E-state index contributed by atoms with van der Waals surface area (Å²) in [6, 6.07) is 13.6. The lowest BCUT2D eigenvalue weighted by molar-refractivity contribution is -0.122. The number of anilines is 1. The summed E-state index contributed by atoms with van der Waals surface area (Å²) in [6.07, 6.45) is 0.280. The smallest absolute Gasteiger partial charge is 0.251 e. The van der Waals surface area contributed by atoms with E-state index < -0.39 is 0 Å². The summed E-state index contributed by atoms with van der Waals surface area (Å²) in [5, 5.41) is 0.944. The molecular formula is C22H21N3O2S2. The van der Waals surface area contributed by atoms with Crippen LogP contribution in [0.25, 0.3) is 20.8 Å². The zero-order valence-electron chi connectivity index (χ0n) is 16.1. The van der Waals surface area contributed by atoms with Gasteiger partial charge in [0, 0.05) is 30.2 Å². The molecule has 2 amide bonds. The van der Waals surface area contributed by atoms with Gasteiger partial charge in [0.2, 0.25) is 5.91 Å². The highest BCUT2D eigenvalue weighted by Gasteiger charge is 2.42. The Morgan fingerprint density at radius 2 is 1.79 bits per heavy atom. The Labute approximate surface area is 177 Å². The topological polar surface area (TPSA) is 53.5 Å². The first kappa shape index (κ1) is 18.8. The van der Waals surface area contributed by atoms with Crippen LogP contribution in [0.15, 0.2) is 42.5 Å². The third-order valence-corrected chi connectivity index (χ3v) is 7.54. The molecule has 2 fully saturated rings. The van der Waals surface area contributed by atoms with Crippen LogP contribution >= 0.6 is 23.1 Å². The van der Waals surface area contributed by atoms with Gasteiger partial charge >= 0.3 is 0 Å². The first-order valence-corrected chi connectivity index (χ1v) is 11.7. The number of nitrogens with zero attached hydrogens (tertiary/aromatic N) is 3. The van der Waals surface area contributed by atoms with Crippen molar-refractivity contribution in [2.75, 3.05) is 29.5 Å². The van der Waals surface area contributed by atoms with E-state index in [9.17, 15) is 9.59 Å². The molecule has 1 unspecified atom stereocenters.